The van der Waals surface area contributed by atoms with Crippen LogP contribution < -0.4 is 20.1 Å². The number of allylic oxidation sites excluding steroid dienone is 1. The monoisotopic (exact) mass is 766 g/mol. The molecule has 2 aromatic carbocycles. The number of rotatable bonds is 8. The van der Waals surface area contributed by atoms with Gasteiger partial charge in [-0.25, -0.2) is 18.2 Å². The van der Waals surface area contributed by atoms with Crippen molar-refractivity contribution in [3.63, 3.8) is 0 Å². The molecule has 5 atom stereocenters. The number of carbonyl (C=O) groups is 4. The number of aromatic amines is 1. The van der Waals surface area contributed by atoms with E-state index in [-0.39, 0.29) is 32.4 Å². The van der Waals surface area contributed by atoms with Gasteiger partial charge in [0.15, 0.2) is 0 Å². The number of cyclic esters (lactones) is 1. The van der Waals surface area contributed by atoms with Crippen molar-refractivity contribution in [3.8, 4) is 5.88 Å². The van der Waals surface area contributed by atoms with Gasteiger partial charge in [-0.1, -0.05) is 48.6 Å². The number of nitrogens with zero attached hydrogens (tertiary/aromatic N) is 2. The number of alkyl carbamates (subject to hydrolysis) is 1. The summed E-state index contributed by atoms with van der Waals surface area (Å²) in [5.41, 5.74) is 0.975. The summed E-state index contributed by atoms with van der Waals surface area (Å²) < 4.78 is 39.7. The summed E-state index contributed by atoms with van der Waals surface area (Å²) in [4.78, 5) is 65.1. The Bertz CT molecular complexity index is 2340. The molecule has 2 aromatic heterocycles. The Balaban J connectivity index is 1.14. The SMILES string of the molecule is C=C[C@@H]1CC1(NC(=O)[C@@H]1C[C@@H]2CN1C(=O)[C@H](Cc1c[nH]c3ccccc13)NC(=O)OCCC/C=C/c1ccc3ccnc(c3c1)O2)C(=O)NS(=O)(=O)C1CC1. The first-order valence-electron chi connectivity index (χ1n) is 18.6. The van der Waals surface area contributed by atoms with E-state index in [0.717, 1.165) is 32.8 Å². The van der Waals surface area contributed by atoms with Crippen molar-refractivity contribution in [2.24, 2.45) is 5.92 Å². The number of benzene rings is 2. The van der Waals surface area contributed by atoms with E-state index >= 15 is 0 Å². The second-order valence-corrected chi connectivity index (χ2v) is 16.7. The summed E-state index contributed by atoms with van der Waals surface area (Å²) in [5.74, 6) is -2.26. The normalized spacial score (nSPS) is 26.3. The number of nitrogens with one attached hydrogen (secondary N) is 4. The molecule has 55 heavy (non-hydrogen) atoms. The molecule has 4 aliphatic rings. The minimum absolute atomic E-state index is 0.0241. The van der Waals surface area contributed by atoms with Crippen molar-refractivity contribution in [1.82, 2.24) is 30.2 Å². The van der Waals surface area contributed by atoms with Gasteiger partial charge in [0.2, 0.25) is 27.7 Å². The van der Waals surface area contributed by atoms with Crippen LogP contribution in [0.1, 0.15) is 49.7 Å². The molecule has 8 rings (SSSR count). The zero-order valence-corrected chi connectivity index (χ0v) is 30.8. The highest BCUT2D eigenvalue weighted by Gasteiger charge is 2.62. The Morgan fingerprint density at radius 1 is 1.11 bits per heavy atom. The third kappa shape index (κ3) is 7.40. The summed E-state index contributed by atoms with van der Waals surface area (Å²) in [7, 11) is -3.91. The van der Waals surface area contributed by atoms with Crippen LogP contribution in [0.5, 0.6) is 5.88 Å². The molecule has 4 amide bonds. The molecule has 4 N–H and O–H groups in total. The standard InChI is InChI=1S/C40H42N6O8S/c1-2-27-21-40(27,38(49)45-55(51,52)29-13-14-29)44-35(47)34-20-28-23-46(34)37(48)33(19-26-22-42-32-10-6-5-9-30(26)32)43-39(50)53-17-7-3-4-8-24-11-12-25-15-16-41-36(54-28)31(25)18-24/h2,4-6,8-12,15-16,18,22,27-29,33-34,42H,1,3,7,13-14,17,19-21,23H2,(H,43,50)(H,44,47)(H,45,49)/b8-4+/t27-,28-,33+,34+,40?/m1/s1. The van der Waals surface area contributed by atoms with Crippen molar-refractivity contribution in [1.29, 1.82) is 0 Å². The number of sulfonamides is 1. The van der Waals surface area contributed by atoms with E-state index in [0.29, 0.717) is 31.6 Å². The van der Waals surface area contributed by atoms with Gasteiger partial charge in [0.1, 0.15) is 23.7 Å². The van der Waals surface area contributed by atoms with Crippen LogP contribution in [0.3, 0.4) is 0 Å². The van der Waals surface area contributed by atoms with Gasteiger partial charge < -0.3 is 30.0 Å². The Morgan fingerprint density at radius 3 is 2.75 bits per heavy atom. The second kappa shape index (κ2) is 14.5. The molecule has 1 unspecified atom stereocenters. The molecular formula is C40H42N6O8S. The van der Waals surface area contributed by atoms with Gasteiger partial charge in [0, 0.05) is 47.4 Å². The van der Waals surface area contributed by atoms with Gasteiger partial charge in [-0.15, -0.1) is 6.58 Å². The van der Waals surface area contributed by atoms with Crippen LogP contribution in [0, 0.1) is 5.92 Å². The predicted octanol–water partition coefficient (Wildman–Crippen LogP) is 3.88. The Morgan fingerprint density at radius 2 is 1.95 bits per heavy atom. The van der Waals surface area contributed by atoms with Crippen molar-refractivity contribution >= 4 is 61.6 Å². The number of carbonyl (C=O) groups excluding carboxylic acids is 4. The first kappa shape index (κ1) is 36.3. The molecule has 0 radical (unpaired) electrons. The molecule has 15 heteroatoms. The molecule has 2 saturated carbocycles. The summed E-state index contributed by atoms with van der Waals surface area (Å²) >= 11 is 0. The highest BCUT2D eigenvalue weighted by molar-refractivity contribution is 7.91. The van der Waals surface area contributed by atoms with Crippen LogP contribution in [0.25, 0.3) is 27.8 Å². The number of pyridine rings is 1. The van der Waals surface area contributed by atoms with Crippen LogP contribution >= 0.6 is 0 Å². The van der Waals surface area contributed by atoms with E-state index in [1.165, 1.54) is 11.0 Å². The zero-order chi connectivity index (χ0) is 38.3. The maximum absolute atomic E-state index is 14.8. The average molecular weight is 767 g/mol. The predicted molar refractivity (Wildman–Crippen MR) is 204 cm³/mol. The zero-order valence-electron chi connectivity index (χ0n) is 30.0. The molecular weight excluding hydrogens is 725 g/mol. The van der Waals surface area contributed by atoms with Gasteiger partial charge in [-0.05, 0) is 66.8 Å². The molecule has 4 heterocycles. The molecule has 4 bridgehead atoms. The molecule has 14 nitrogen and oxygen atoms in total. The third-order valence-corrected chi connectivity index (χ3v) is 12.7. The number of H-pyrrole nitrogens is 1. The molecule has 2 aliphatic carbocycles. The Kier molecular flexibility index (Phi) is 9.57. The topological polar surface area (TPSA) is 189 Å². The second-order valence-electron chi connectivity index (χ2n) is 14.7. The van der Waals surface area contributed by atoms with Crippen LogP contribution in [0.15, 0.2) is 79.7 Å². The lowest BCUT2D eigenvalue weighted by Gasteiger charge is -2.29. The Hall–Kier alpha value is -5.70. The summed E-state index contributed by atoms with van der Waals surface area (Å²) in [6.07, 6.45) is 9.75. The summed E-state index contributed by atoms with van der Waals surface area (Å²) in [5, 5.41) is 7.45. The van der Waals surface area contributed by atoms with E-state index in [2.05, 4.69) is 31.9 Å². The van der Waals surface area contributed by atoms with Crippen LogP contribution in [-0.4, -0.2) is 89.2 Å². The van der Waals surface area contributed by atoms with Crippen molar-refractivity contribution in [2.45, 2.75) is 73.9 Å². The molecule has 2 aliphatic heterocycles. The number of fused-ring (bicyclic) bond motifs is 4. The van der Waals surface area contributed by atoms with E-state index in [9.17, 15) is 27.6 Å². The fourth-order valence-electron chi connectivity index (χ4n) is 7.60. The van der Waals surface area contributed by atoms with E-state index in [4.69, 9.17) is 9.47 Å². The minimum Gasteiger partial charge on any atom is -0.472 e. The van der Waals surface area contributed by atoms with Crippen LogP contribution in [-0.2, 0) is 35.6 Å². The summed E-state index contributed by atoms with van der Waals surface area (Å²) in [6, 6.07) is 13.0. The molecule has 4 aromatic rings. The fourth-order valence-corrected chi connectivity index (χ4v) is 8.96. The first-order valence-corrected chi connectivity index (χ1v) is 20.1. The lowest BCUT2D eigenvalue weighted by molar-refractivity contribution is -0.141. The van der Waals surface area contributed by atoms with Gasteiger partial charge in [-0.3, -0.25) is 19.1 Å². The van der Waals surface area contributed by atoms with Crippen molar-refractivity contribution in [3.05, 3.63) is 90.8 Å². The average Bonchev–Trinajstić information content (AvgIpc) is 4.08. The quantitative estimate of drug-likeness (QED) is 0.193. The molecule has 0 spiro atoms. The highest BCUT2D eigenvalue weighted by Crippen LogP contribution is 2.45. The van der Waals surface area contributed by atoms with Gasteiger partial charge in [-0.2, -0.15) is 0 Å². The highest BCUT2D eigenvalue weighted by atomic mass is 32.2. The van der Waals surface area contributed by atoms with Gasteiger partial charge in [0.25, 0.3) is 5.91 Å². The van der Waals surface area contributed by atoms with E-state index in [1.54, 1.807) is 12.4 Å². The van der Waals surface area contributed by atoms with Crippen molar-refractivity contribution in [2.75, 3.05) is 13.2 Å². The van der Waals surface area contributed by atoms with Crippen LogP contribution in [0.4, 0.5) is 4.79 Å². The lowest BCUT2D eigenvalue weighted by Crippen LogP contribution is -2.58. The van der Waals surface area contributed by atoms with Crippen molar-refractivity contribution < 1.29 is 37.1 Å². The maximum atomic E-state index is 14.8. The number of amides is 4. The van der Waals surface area contributed by atoms with E-state index in [1.807, 2.05) is 60.7 Å². The first-order chi connectivity index (χ1) is 26.5. The van der Waals surface area contributed by atoms with E-state index < -0.39 is 68.7 Å². The molecule has 1 saturated heterocycles. The number of ether oxygens (including phenoxy) is 2. The summed E-state index contributed by atoms with van der Waals surface area (Å²) in [6.45, 7) is 3.86. The molecule has 3 fully saturated rings. The number of hydrogen-bond acceptors (Lipinski definition) is 9. The smallest absolute Gasteiger partial charge is 0.407 e. The lowest BCUT2D eigenvalue weighted by atomic mass is 10.0. The maximum Gasteiger partial charge on any atom is 0.407 e. The molecule has 286 valence electrons. The van der Waals surface area contributed by atoms with Gasteiger partial charge >= 0.3 is 6.09 Å². The fraction of sp³-hybridized carbons (Fsp3) is 0.375. The third-order valence-electron chi connectivity index (χ3n) is 10.9. The minimum atomic E-state index is -3.91. The van der Waals surface area contributed by atoms with Gasteiger partial charge in [0.05, 0.1) is 18.4 Å². The number of para-hydroxylation sites is 1. The largest absolute Gasteiger partial charge is 0.472 e. The number of hydrogen-bond donors (Lipinski definition) is 4. The van der Waals surface area contributed by atoms with Crippen LogP contribution in [0.2, 0.25) is 0 Å². The Labute approximate surface area is 317 Å². The number of aromatic nitrogens is 2.